The van der Waals surface area contributed by atoms with Gasteiger partial charge in [0.05, 0.1) is 20.3 Å². The average molecular weight is 787 g/mol. The van der Waals surface area contributed by atoms with Crippen LogP contribution in [0.5, 0.6) is 34.5 Å². The summed E-state index contributed by atoms with van der Waals surface area (Å²) >= 11 is 0. The number of aromatic hydroxyl groups is 3. The Labute approximate surface area is 315 Å². The fraction of sp³-hybridized carbons (Fsp3) is 0.351. The van der Waals surface area contributed by atoms with Crippen LogP contribution in [0.4, 0.5) is 0 Å². The van der Waals surface area contributed by atoms with Crippen LogP contribution in [0.3, 0.4) is 0 Å². The lowest BCUT2D eigenvalue weighted by Gasteiger charge is -2.41. The van der Waals surface area contributed by atoms with E-state index in [1.165, 1.54) is 55.7 Å². The summed E-state index contributed by atoms with van der Waals surface area (Å²) < 4.78 is 38.8. The number of aliphatic hydroxyl groups excluding tert-OH is 7. The summed E-state index contributed by atoms with van der Waals surface area (Å²) in [5, 5.41) is 103. The average Bonchev–Trinajstić information content (AvgIpc) is 3.18. The Kier molecular flexibility index (Phi) is 12.0. The molecule has 2 fully saturated rings. The Morgan fingerprint density at radius 1 is 0.768 bits per heavy atom. The summed E-state index contributed by atoms with van der Waals surface area (Å²) in [6.45, 7) is -1.60. The van der Waals surface area contributed by atoms with Gasteiger partial charge in [-0.15, -0.1) is 0 Å². The SMILES string of the molecule is COc1cc(C=CC(=O)O[C@@H]2[C@@H](O)[C@H](O)[C@H](Oc3c(-c4ccc(O)cc4)oc4cc(O[C@H]5O[C@@H](CO)[C@H](O)[C@H](O)[C@@H]5O)cc(O)c4c3=O)O[C@H]2CO)ccc1O. The molecule has 1 aromatic heterocycles. The van der Waals surface area contributed by atoms with Crippen molar-refractivity contribution < 1.29 is 88.7 Å². The number of rotatable bonds is 11. The Balaban J connectivity index is 1.29. The van der Waals surface area contributed by atoms with Gasteiger partial charge in [0.25, 0.3) is 0 Å². The molecule has 10 N–H and O–H groups in total. The number of carbonyl (C=O) groups excluding carboxylic acids is 1. The first-order valence-electron chi connectivity index (χ1n) is 16.9. The minimum atomic E-state index is -2.02. The molecule has 2 aliphatic rings. The third-order valence-electron chi connectivity index (χ3n) is 9.06. The molecular formula is C37H38O19. The van der Waals surface area contributed by atoms with Crippen molar-refractivity contribution >= 4 is 23.0 Å². The van der Waals surface area contributed by atoms with Gasteiger partial charge in [0.1, 0.15) is 70.9 Å². The zero-order chi connectivity index (χ0) is 40.4. The van der Waals surface area contributed by atoms with Gasteiger partial charge >= 0.3 is 5.97 Å². The molecule has 300 valence electrons. The summed E-state index contributed by atoms with van der Waals surface area (Å²) in [4.78, 5) is 26.8. The summed E-state index contributed by atoms with van der Waals surface area (Å²) in [6.07, 6.45) is -15.0. The van der Waals surface area contributed by atoms with Crippen LogP contribution in [0.15, 0.2) is 69.9 Å². The number of methoxy groups -OCH3 is 1. The third kappa shape index (κ3) is 8.07. The van der Waals surface area contributed by atoms with Crippen molar-refractivity contribution in [3.63, 3.8) is 0 Å². The molecule has 2 saturated heterocycles. The van der Waals surface area contributed by atoms with Crippen molar-refractivity contribution in [2.75, 3.05) is 20.3 Å². The number of fused-ring (bicyclic) bond motifs is 1. The molecule has 0 spiro atoms. The molecule has 0 saturated carbocycles. The lowest BCUT2D eigenvalue weighted by molar-refractivity contribution is -0.280. The Morgan fingerprint density at radius 2 is 1.43 bits per heavy atom. The van der Waals surface area contributed by atoms with E-state index in [1.807, 2.05) is 0 Å². The molecule has 10 atom stereocenters. The minimum Gasteiger partial charge on any atom is -0.508 e. The van der Waals surface area contributed by atoms with Crippen LogP contribution in [0, 0.1) is 0 Å². The lowest BCUT2D eigenvalue weighted by atomic mass is 9.99. The van der Waals surface area contributed by atoms with E-state index in [1.54, 1.807) is 0 Å². The maximum atomic E-state index is 14.1. The molecule has 0 amide bonds. The van der Waals surface area contributed by atoms with Crippen molar-refractivity contribution in [2.24, 2.45) is 0 Å². The second-order valence-corrected chi connectivity index (χ2v) is 12.8. The molecule has 3 aromatic carbocycles. The molecular weight excluding hydrogens is 748 g/mol. The minimum absolute atomic E-state index is 0.117. The number of phenols is 3. The molecule has 0 unspecified atom stereocenters. The Bertz CT molecular complexity index is 2110. The molecule has 0 aliphatic carbocycles. The van der Waals surface area contributed by atoms with Gasteiger partial charge < -0.3 is 83.9 Å². The molecule has 19 nitrogen and oxygen atoms in total. The number of hydrogen-bond donors (Lipinski definition) is 10. The number of phenolic OH excluding ortho intramolecular Hbond substituents is 3. The van der Waals surface area contributed by atoms with Gasteiger partial charge in [0.15, 0.2) is 23.4 Å². The second kappa shape index (κ2) is 16.7. The van der Waals surface area contributed by atoms with Crippen molar-refractivity contribution in [3.05, 3.63) is 76.5 Å². The van der Waals surface area contributed by atoms with E-state index in [2.05, 4.69) is 0 Å². The van der Waals surface area contributed by atoms with E-state index >= 15 is 0 Å². The second-order valence-electron chi connectivity index (χ2n) is 12.8. The number of esters is 1. The summed E-state index contributed by atoms with van der Waals surface area (Å²) in [5.74, 6) is -3.18. The molecule has 0 bridgehead atoms. The highest BCUT2D eigenvalue weighted by Crippen LogP contribution is 2.39. The van der Waals surface area contributed by atoms with Crippen LogP contribution in [-0.2, 0) is 19.0 Å². The quantitative estimate of drug-likeness (QED) is 0.0658. The van der Waals surface area contributed by atoms with Gasteiger partial charge in [0, 0.05) is 23.8 Å². The van der Waals surface area contributed by atoms with Crippen LogP contribution >= 0.6 is 0 Å². The fourth-order valence-electron chi connectivity index (χ4n) is 6.08. The van der Waals surface area contributed by atoms with Gasteiger partial charge in [-0.25, -0.2) is 4.79 Å². The topological polar surface area (TPSA) is 305 Å². The first-order chi connectivity index (χ1) is 26.7. The highest BCUT2D eigenvalue weighted by atomic mass is 16.7. The highest BCUT2D eigenvalue weighted by Gasteiger charge is 2.48. The number of carbonyl (C=O) groups is 1. The van der Waals surface area contributed by atoms with E-state index in [4.69, 9.17) is 32.8 Å². The summed E-state index contributed by atoms with van der Waals surface area (Å²) in [7, 11) is 1.34. The Hall–Kier alpha value is -5.48. The fourth-order valence-corrected chi connectivity index (χ4v) is 6.08. The van der Waals surface area contributed by atoms with E-state index in [-0.39, 0.29) is 39.9 Å². The predicted octanol–water partition coefficient (Wildman–Crippen LogP) is -0.793. The van der Waals surface area contributed by atoms with Gasteiger partial charge in [-0.3, -0.25) is 4.79 Å². The van der Waals surface area contributed by atoms with Crippen LogP contribution in [0.25, 0.3) is 28.4 Å². The zero-order valence-electron chi connectivity index (χ0n) is 29.2. The van der Waals surface area contributed by atoms with Gasteiger partial charge in [0.2, 0.25) is 23.8 Å². The van der Waals surface area contributed by atoms with Crippen molar-refractivity contribution in [1.29, 1.82) is 0 Å². The summed E-state index contributed by atoms with van der Waals surface area (Å²) in [5.41, 5.74) is -0.812. The standard InChI is InChI=1S/C37H38O19/c1-50-21-10-15(2-8-19(21)41)3-9-25(43)55-34-24(14-39)54-37(32(49)30(34)47)56-35-28(45)26-20(42)11-18(51-36-31(48)29(46)27(44)23(13-38)53-36)12-22(26)52-33(35)16-4-6-17(40)7-5-16/h2-12,23-24,27,29-32,34,36-42,44,46-49H,13-14H2,1H3/t23-,24-,27-,29-,30-,31-,32-,34-,36-,37-/m0/s1. The largest absolute Gasteiger partial charge is 0.508 e. The lowest BCUT2D eigenvalue weighted by Crippen LogP contribution is -2.61. The third-order valence-corrected chi connectivity index (χ3v) is 9.06. The normalized spacial score (nSPS) is 27.9. The smallest absolute Gasteiger partial charge is 0.331 e. The molecule has 4 aromatic rings. The van der Waals surface area contributed by atoms with Crippen LogP contribution < -0.4 is 19.6 Å². The van der Waals surface area contributed by atoms with Gasteiger partial charge in [-0.2, -0.15) is 0 Å². The van der Waals surface area contributed by atoms with E-state index in [0.29, 0.717) is 5.56 Å². The van der Waals surface area contributed by atoms with E-state index in [9.17, 15) is 60.7 Å². The number of benzene rings is 3. The van der Waals surface area contributed by atoms with Crippen molar-refractivity contribution in [1.82, 2.24) is 0 Å². The van der Waals surface area contributed by atoms with Crippen molar-refractivity contribution in [3.8, 4) is 45.8 Å². The molecule has 6 rings (SSSR count). The van der Waals surface area contributed by atoms with Crippen LogP contribution in [0.2, 0.25) is 0 Å². The van der Waals surface area contributed by atoms with Crippen molar-refractivity contribution in [2.45, 2.75) is 61.4 Å². The molecule has 56 heavy (non-hydrogen) atoms. The molecule has 3 heterocycles. The maximum Gasteiger partial charge on any atom is 0.331 e. The van der Waals surface area contributed by atoms with Gasteiger partial charge in [-0.05, 0) is 48.0 Å². The number of ether oxygens (including phenoxy) is 6. The zero-order valence-corrected chi connectivity index (χ0v) is 29.2. The van der Waals surface area contributed by atoms with Crippen LogP contribution in [-0.4, -0.2) is 139 Å². The molecule has 19 heteroatoms. The monoisotopic (exact) mass is 786 g/mol. The first-order valence-corrected chi connectivity index (χ1v) is 16.9. The van der Waals surface area contributed by atoms with E-state index in [0.717, 1.165) is 18.2 Å². The predicted molar refractivity (Wildman–Crippen MR) is 188 cm³/mol. The highest BCUT2D eigenvalue weighted by molar-refractivity contribution is 5.89. The number of aliphatic hydroxyl groups is 7. The van der Waals surface area contributed by atoms with Gasteiger partial charge in [-0.1, -0.05) is 6.07 Å². The Morgan fingerprint density at radius 3 is 2.11 bits per heavy atom. The first kappa shape index (κ1) is 40.2. The maximum absolute atomic E-state index is 14.1. The number of hydrogen-bond acceptors (Lipinski definition) is 19. The van der Waals surface area contributed by atoms with Crippen LogP contribution in [0.1, 0.15) is 5.56 Å². The molecule has 2 aliphatic heterocycles. The summed E-state index contributed by atoms with van der Waals surface area (Å²) in [6, 6.07) is 11.5. The van der Waals surface area contributed by atoms with E-state index < -0.39 is 103 Å². The molecule has 0 radical (unpaired) electrons.